The van der Waals surface area contributed by atoms with Gasteiger partial charge < -0.3 is 5.11 Å². The lowest BCUT2D eigenvalue weighted by atomic mass is 10.0. The standard InChI is InChI=1S/C13H16ClN3O/c1-8-5-4-6-15-12(8)11(18)7-10-9(2)16-17(3)13(10)14/h4-6,11,18H,7H2,1-3H3. The van der Waals surface area contributed by atoms with Crippen LogP contribution < -0.4 is 0 Å². The largest absolute Gasteiger partial charge is 0.386 e. The van der Waals surface area contributed by atoms with E-state index in [-0.39, 0.29) is 0 Å². The fraction of sp³-hybridized carbons (Fsp3) is 0.385. The minimum Gasteiger partial charge on any atom is -0.386 e. The van der Waals surface area contributed by atoms with E-state index in [4.69, 9.17) is 11.6 Å². The number of aliphatic hydroxyl groups is 1. The van der Waals surface area contributed by atoms with E-state index in [1.165, 1.54) is 0 Å². The summed E-state index contributed by atoms with van der Waals surface area (Å²) in [4.78, 5) is 4.22. The second kappa shape index (κ2) is 5.08. The fourth-order valence-electron chi connectivity index (χ4n) is 2.04. The van der Waals surface area contributed by atoms with Crippen molar-refractivity contribution in [3.05, 3.63) is 46.0 Å². The average Bonchev–Trinajstić information content (AvgIpc) is 2.56. The van der Waals surface area contributed by atoms with Gasteiger partial charge in [-0.1, -0.05) is 17.7 Å². The smallest absolute Gasteiger partial charge is 0.130 e. The Kier molecular flexibility index (Phi) is 3.68. The lowest BCUT2D eigenvalue weighted by Gasteiger charge is -2.12. The van der Waals surface area contributed by atoms with Crippen molar-refractivity contribution in [2.75, 3.05) is 0 Å². The molecule has 2 aromatic rings. The van der Waals surface area contributed by atoms with Gasteiger partial charge in [-0.15, -0.1) is 0 Å². The molecule has 2 rings (SSSR count). The summed E-state index contributed by atoms with van der Waals surface area (Å²) >= 11 is 6.15. The summed E-state index contributed by atoms with van der Waals surface area (Å²) in [6.45, 7) is 3.82. The zero-order valence-electron chi connectivity index (χ0n) is 10.7. The van der Waals surface area contributed by atoms with Crippen LogP contribution in [0.25, 0.3) is 0 Å². The second-order valence-corrected chi connectivity index (χ2v) is 4.76. The summed E-state index contributed by atoms with van der Waals surface area (Å²) < 4.78 is 1.62. The summed E-state index contributed by atoms with van der Waals surface area (Å²) in [5, 5.41) is 15.1. The minimum atomic E-state index is -0.661. The molecule has 0 radical (unpaired) electrons. The van der Waals surface area contributed by atoms with Crippen LogP contribution in [-0.2, 0) is 13.5 Å². The summed E-state index contributed by atoms with van der Waals surface area (Å²) in [5.74, 6) is 0. The molecule has 0 aliphatic carbocycles. The van der Waals surface area contributed by atoms with Crippen LogP contribution in [-0.4, -0.2) is 19.9 Å². The summed E-state index contributed by atoms with van der Waals surface area (Å²) in [5.41, 5.74) is 3.38. The molecule has 0 saturated heterocycles. The Morgan fingerprint density at radius 1 is 1.44 bits per heavy atom. The predicted octanol–water partition coefficient (Wildman–Crippen LogP) is 2.36. The van der Waals surface area contributed by atoms with Crippen molar-refractivity contribution >= 4 is 11.6 Å². The number of aromatic nitrogens is 3. The van der Waals surface area contributed by atoms with Crippen LogP contribution in [0.15, 0.2) is 18.3 Å². The first-order valence-electron chi connectivity index (χ1n) is 5.78. The zero-order chi connectivity index (χ0) is 13.3. The molecule has 2 aromatic heterocycles. The lowest BCUT2D eigenvalue weighted by molar-refractivity contribution is 0.172. The van der Waals surface area contributed by atoms with Crippen LogP contribution in [0, 0.1) is 13.8 Å². The number of pyridine rings is 1. The van der Waals surface area contributed by atoms with E-state index in [1.54, 1.807) is 17.9 Å². The molecule has 0 bridgehead atoms. The first kappa shape index (κ1) is 13.1. The third-order valence-electron chi connectivity index (χ3n) is 3.03. The molecular weight excluding hydrogens is 250 g/mol. The van der Waals surface area contributed by atoms with Crippen molar-refractivity contribution in [3.63, 3.8) is 0 Å². The molecule has 4 nitrogen and oxygen atoms in total. The highest BCUT2D eigenvalue weighted by molar-refractivity contribution is 6.30. The predicted molar refractivity (Wildman–Crippen MR) is 70.6 cm³/mol. The van der Waals surface area contributed by atoms with Gasteiger partial charge in [-0.2, -0.15) is 5.10 Å². The molecule has 1 N–H and O–H groups in total. The molecule has 1 atom stereocenters. The number of hydrogen-bond donors (Lipinski definition) is 1. The van der Waals surface area contributed by atoms with Crippen molar-refractivity contribution in [1.82, 2.24) is 14.8 Å². The topological polar surface area (TPSA) is 50.9 Å². The average molecular weight is 266 g/mol. The van der Waals surface area contributed by atoms with Crippen LogP contribution in [0.4, 0.5) is 0 Å². The molecular formula is C13H16ClN3O. The molecule has 0 saturated carbocycles. The van der Waals surface area contributed by atoms with E-state index in [0.717, 1.165) is 16.8 Å². The van der Waals surface area contributed by atoms with E-state index in [0.29, 0.717) is 17.3 Å². The number of aryl methyl sites for hydroxylation is 3. The van der Waals surface area contributed by atoms with Gasteiger partial charge in [-0.05, 0) is 25.5 Å². The summed E-state index contributed by atoms with van der Waals surface area (Å²) in [7, 11) is 1.79. The van der Waals surface area contributed by atoms with Gasteiger partial charge >= 0.3 is 0 Å². The Morgan fingerprint density at radius 2 is 2.17 bits per heavy atom. The summed E-state index contributed by atoms with van der Waals surface area (Å²) in [6.07, 6.45) is 1.45. The minimum absolute atomic E-state index is 0.427. The number of hydrogen-bond acceptors (Lipinski definition) is 3. The molecule has 96 valence electrons. The van der Waals surface area contributed by atoms with Gasteiger partial charge in [0.05, 0.1) is 11.4 Å². The van der Waals surface area contributed by atoms with Gasteiger partial charge in [-0.3, -0.25) is 9.67 Å². The number of halogens is 1. The highest BCUT2D eigenvalue weighted by atomic mass is 35.5. The maximum atomic E-state index is 10.3. The van der Waals surface area contributed by atoms with Gasteiger partial charge in [0, 0.05) is 25.2 Å². The van der Waals surface area contributed by atoms with E-state index in [9.17, 15) is 5.11 Å². The SMILES string of the molecule is Cc1cccnc1C(O)Cc1c(C)nn(C)c1Cl. The Labute approximate surface area is 111 Å². The maximum Gasteiger partial charge on any atom is 0.130 e. The molecule has 5 heteroatoms. The van der Waals surface area contributed by atoms with E-state index >= 15 is 0 Å². The van der Waals surface area contributed by atoms with Crippen LogP contribution in [0.3, 0.4) is 0 Å². The fourth-order valence-corrected chi connectivity index (χ4v) is 2.29. The molecule has 0 spiro atoms. The summed E-state index contributed by atoms with van der Waals surface area (Å²) in [6, 6.07) is 3.79. The van der Waals surface area contributed by atoms with Crippen molar-refractivity contribution in [2.24, 2.45) is 7.05 Å². The first-order valence-corrected chi connectivity index (χ1v) is 6.16. The van der Waals surface area contributed by atoms with E-state index < -0.39 is 6.10 Å². The van der Waals surface area contributed by atoms with Crippen LogP contribution in [0.1, 0.15) is 28.6 Å². The van der Waals surface area contributed by atoms with Crippen molar-refractivity contribution < 1.29 is 5.11 Å². The first-order chi connectivity index (χ1) is 8.50. The van der Waals surface area contributed by atoms with Crippen molar-refractivity contribution in [2.45, 2.75) is 26.4 Å². The quantitative estimate of drug-likeness (QED) is 0.927. The van der Waals surface area contributed by atoms with Gasteiger partial charge in [-0.25, -0.2) is 0 Å². The molecule has 0 fully saturated rings. The third kappa shape index (κ3) is 2.40. The lowest BCUT2D eigenvalue weighted by Crippen LogP contribution is -2.07. The van der Waals surface area contributed by atoms with Crippen LogP contribution in [0.2, 0.25) is 5.15 Å². The molecule has 0 aromatic carbocycles. The van der Waals surface area contributed by atoms with Crippen LogP contribution >= 0.6 is 11.6 Å². The van der Waals surface area contributed by atoms with Crippen LogP contribution in [0.5, 0.6) is 0 Å². The number of aliphatic hydroxyl groups excluding tert-OH is 1. The van der Waals surface area contributed by atoms with Crippen molar-refractivity contribution in [3.8, 4) is 0 Å². The molecule has 18 heavy (non-hydrogen) atoms. The number of nitrogens with zero attached hydrogens (tertiary/aromatic N) is 3. The Balaban J connectivity index is 2.27. The normalized spacial score (nSPS) is 12.7. The van der Waals surface area contributed by atoms with Gasteiger partial charge in [0.25, 0.3) is 0 Å². The Morgan fingerprint density at radius 3 is 2.72 bits per heavy atom. The van der Waals surface area contributed by atoms with Gasteiger partial charge in [0.2, 0.25) is 0 Å². The molecule has 0 aliphatic rings. The third-order valence-corrected chi connectivity index (χ3v) is 3.51. The Bertz CT molecular complexity index is 565. The highest BCUT2D eigenvalue weighted by Crippen LogP contribution is 2.25. The Hall–Kier alpha value is -1.39. The van der Waals surface area contributed by atoms with Crippen molar-refractivity contribution in [1.29, 1.82) is 0 Å². The highest BCUT2D eigenvalue weighted by Gasteiger charge is 2.18. The second-order valence-electron chi connectivity index (χ2n) is 4.40. The van der Waals surface area contributed by atoms with E-state index in [2.05, 4.69) is 10.1 Å². The van der Waals surface area contributed by atoms with Gasteiger partial charge in [0.15, 0.2) is 0 Å². The monoisotopic (exact) mass is 265 g/mol. The molecule has 2 heterocycles. The van der Waals surface area contributed by atoms with Gasteiger partial charge in [0.1, 0.15) is 11.3 Å². The maximum absolute atomic E-state index is 10.3. The molecule has 0 aliphatic heterocycles. The number of rotatable bonds is 3. The molecule has 0 amide bonds. The zero-order valence-corrected chi connectivity index (χ0v) is 11.4. The molecule has 1 unspecified atom stereocenters. The van der Waals surface area contributed by atoms with E-state index in [1.807, 2.05) is 26.0 Å².